The van der Waals surface area contributed by atoms with E-state index in [1.807, 2.05) is 6.07 Å². The fraction of sp³-hybridized carbons (Fsp3) is 0.368. The first-order valence-corrected chi connectivity index (χ1v) is 8.46. The third kappa shape index (κ3) is 4.61. The number of aromatic nitrogens is 2. The zero-order valence-corrected chi connectivity index (χ0v) is 14.3. The molecular weight excluding hydrogens is 314 g/mol. The number of rotatable bonds is 4. The van der Waals surface area contributed by atoms with Crippen molar-refractivity contribution in [1.29, 1.82) is 5.26 Å². The lowest BCUT2D eigenvalue weighted by atomic mass is 9.95. The number of anilines is 1. The Kier molecular flexibility index (Phi) is 5.36. The summed E-state index contributed by atoms with van der Waals surface area (Å²) in [5.41, 5.74) is 2.81. The molecule has 0 spiro atoms. The fourth-order valence-corrected chi connectivity index (χ4v) is 2.99. The molecule has 6 nitrogen and oxygen atoms in total. The standard InChI is InChI=1S/C19H21N5O/c1-14-2-4-15(5-3-14)13-24-10-8-16(9-11-24)19(25)21-18-7-6-17(12-20)22-23-18/h2-7,16H,8-11,13H2,1H3,(H,21,23,25). The SMILES string of the molecule is Cc1ccc(CN2CCC(C(=O)Nc3ccc(C#N)nn3)CC2)cc1. The Morgan fingerprint density at radius 2 is 1.92 bits per heavy atom. The van der Waals surface area contributed by atoms with E-state index in [0.29, 0.717) is 5.82 Å². The predicted octanol–water partition coefficient (Wildman–Crippen LogP) is 2.51. The van der Waals surface area contributed by atoms with Crippen LogP contribution in [0.3, 0.4) is 0 Å². The van der Waals surface area contributed by atoms with E-state index in [4.69, 9.17) is 5.26 Å². The van der Waals surface area contributed by atoms with Crippen LogP contribution in [0.5, 0.6) is 0 Å². The number of amides is 1. The van der Waals surface area contributed by atoms with E-state index in [1.165, 1.54) is 11.1 Å². The topological polar surface area (TPSA) is 81.9 Å². The quantitative estimate of drug-likeness (QED) is 0.928. The zero-order chi connectivity index (χ0) is 17.6. The first-order chi connectivity index (χ1) is 12.1. The van der Waals surface area contributed by atoms with Crippen molar-refractivity contribution in [3.63, 3.8) is 0 Å². The van der Waals surface area contributed by atoms with Crippen molar-refractivity contribution in [3.8, 4) is 6.07 Å². The zero-order valence-electron chi connectivity index (χ0n) is 14.3. The van der Waals surface area contributed by atoms with Gasteiger partial charge < -0.3 is 5.32 Å². The van der Waals surface area contributed by atoms with Crippen molar-refractivity contribution in [2.24, 2.45) is 5.92 Å². The summed E-state index contributed by atoms with van der Waals surface area (Å²) < 4.78 is 0. The smallest absolute Gasteiger partial charge is 0.228 e. The summed E-state index contributed by atoms with van der Waals surface area (Å²) in [6.07, 6.45) is 1.67. The van der Waals surface area contributed by atoms with E-state index in [2.05, 4.69) is 51.6 Å². The second kappa shape index (κ2) is 7.86. The molecule has 1 N–H and O–H groups in total. The third-order valence-electron chi connectivity index (χ3n) is 4.52. The number of hydrogen-bond acceptors (Lipinski definition) is 5. The molecule has 1 aliphatic rings. The Hall–Kier alpha value is -2.78. The van der Waals surface area contributed by atoms with Crippen LogP contribution in [0, 0.1) is 24.2 Å². The Bertz CT molecular complexity index is 756. The van der Waals surface area contributed by atoms with Gasteiger partial charge in [-0.2, -0.15) is 5.26 Å². The predicted molar refractivity (Wildman–Crippen MR) is 94.6 cm³/mol. The van der Waals surface area contributed by atoms with Gasteiger partial charge in [0.05, 0.1) is 0 Å². The lowest BCUT2D eigenvalue weighted by molar-refractivity contribution is -0.121. The van der Waals surface area contributed by atoms with E-state index >= 15 is 0 Å². The Morgan fingerprint density at radius 1 is 1.20 bits per heavy atom. The number of hydrogen-bond donors (Lipinski definition) is 1. The van der Waals surface area contributed by atoms with Gasteiger partial charge in [0, 0.05) is 12.5 Å². The van der Waals surface area contributed by atoms with Crippen molar-refractivity contribution in [2.45, 2.75) is 26.3 Å². The van der Waals surface area contributed by atoms with Gasteiger partial charge >= 0.3 is 0 Å². The molecule has 2 aromatic rings. The van der Waals surface area contributed by atoms with Crippen LogP contribution in [0.2, 0.25) is 0 Å². The van der Waals surface area contributed by atoms with Gasteiger partial charge in [-0.05, 0) is 50.6 Å². The van der Waals surface area contributed by atoms with Gasteiger partial charge in [0.25, 0.3) is 0 Å². The van der Waals surface area contributed by atoms with Crippen LogP contribution in [0.4, 0.5) is 5.82 Å². The lowest BCUT2D eigenvalue weighted by Gasteiger charge is -2.31. The van der Waals surface area contributed by atoms with Crippen LogP contribution in [0.1, 0.15) is 29.7 Å². The number of carbonyl (C=O) groups is 1. The molecule has 128 valence electrons. The van der Waals surface area contributed by atoms with E-state index in [0.717, 1.165) is 32.5 Å². The Labute approximate surface area is 147 Å². The molecule has 1 amide bonds. The van der Waals surface area contributed by atoms with E-state index < -0.39 is 0 Å². The summed E-state index contributed by atoms with van der Waals surface area (Å²) in [4.78, 5) is 14.7. The number of aryl methyl sites for hydroxylation is 1. The van der Waals surface area contributed by atoms with Crippen LogP contribution in [-0.2, 0) is 11.3 Å². The highest BCUT2D eigenvalue weighted by Gasteiger charge is 2.25. The highest BCUT2D eigenvalue weighted by molar-refractivity contribution is 5.91. The average Bonchev–Trinajstić information content (AvgIpc) is 2.65. The number of carbonyl (C=O) groups excluding carboxylic acids is 1. The van der Waals surface area contributed by atoms with Crippen molar-refractivity contribution in [2.75, 3.05) is 18.4 Å². The number of piperidine rings is 1. The first-order valence-electron chi connectivity index (χ1n) is 8.46. The molecule has 0 bridgehead atoms. The monoisotopic (exact) mass is 335 g/mol. The maximum atomic E-state index is 12.4. The molecule has 0 atom stereocenters. The molecule has 1 fully saturated rings. The van der Waals surface area contributed by atoms with E-state index in [-0.39, 0.29) is 17.5 Å². The van der Waals surface area contributed by atoms with Crippen LogP contribution >= 0.6 is 0 Å². The molecule has 25 heavy (non-hydrogen) atoms. The number of benzene rings is 1. The largest absolute Gasteiger partial charge is 0.309 e. The summed E-state index contributed by atoms with van der Waals surface area (Å²) in [5.74, 6) is 0.367. The Morgan fingerprint density at radius 3 is 2.52 bits per heavy atom. The summed E-state index contributed by atoms with van der Waals surface area (Å²) in [5, 5.41) is 19.1. The molecule has 0 unspecified atom stereocenters. The minimum absolute atomic E-state index is 0.00767. The molecule has 1 saturated heterocycles. The third-order valence-corrected chi connectivity index (χ3v) is 4.52. The van der Waals surface area contributed by atoms with Crippen molar-refractivity contribution >= 4 is 11.7 Å². The van der Waals surface area contributed by atoms with Crippen molar-refractivity contribution in [1.82, 2.24) is 15.1 Å². The molecule has 1 aromatic carbocycles. The minimum Gasteiger partial charge on any atom is -0.309 e. The fourth-order valence-electron chi connectivity index (χ4n) is 2.99. The van der Waals surface area contributed by atoms with Crippen molar-refractivity contribution < 1.29 is 4.79 Å². The summed E-state index contributed by atoms with van der Waals surface area (Å²) in [7, 11) is 0. The highest BCUT2D eigenvalue weighted by Crippen LogP contribution is 2.20. The van der Waals surface area contributed by atoms with Gasteiger partial charge in [-0.25, -0.2) is 0 Å². The molecule has 2 heterocycles. The summed E-state index contributed by atoms with van der Waals surface area (Å²) in [6.45, 7) is 4.83. The van der Waals surface area contributed by atoms with Gasteiger partial charge in [0.15, 0.2) is 11.5 Å². The van der Waals surface area contributed by atoms with E-state index in [9.17, 15) is 4.79 Å². The van der Waals surface area contributed by atoms with Gasteiger partial charge in [0.1, 0.15) is 6.07 Å². The van der Waals surface area contributed by atoms with Crippen molar-refractivity contribution in [3.05, 3.63) is 53.2 Å². The van der Waals surface area contributed by atoms with Crippen LogP contribution in [0.25, 0.3) is 0 Å². The molecule has 0 radical (unpaired) electrons. The Balaban J connectivity index is 1.48. The maximum Gasteiger partial charge on any atom is 0.228 e. The number of nitriles is 1. The van der Waals surface area contributed by atoms with Gasteiger partial charge in [-0.15, -0.1) is 10.2 Å². The first kappa shape index (κ1) is 17.1. The minimum atomic E-state index is -0.0195. The molecule has 3 rings (SSSR count). The normalized spacial score (nSPS) is 15.5. The summed E-state index contributed by atoms with van der Waals surface area (Å²) in [6, 6.07) is 13.7. The maximum absolute atomic E-state index is 12.4. The molecule has 1 aliphatic heterocycles. The number of nitrogens with one attached hydrogen (secondary N) is 1. The second-order valence-electron chi connectivity index (χ2n) is 6.44. The van der Waals surface area contributed by atoms with Gasteiger partial charge in [0.2, 0.25) is 5.91 Å². The molecule has 6 heteroatoms. The van der Waals surface area contributed by atoms with Crippen LogP contribution in [0.15, 0.2) is 36.4 Å². The van der Waals surface area contributed by atoms with Crippen LogP contribution < -0.4 is 5.32 Å². The molecule has 1 aromatic heterocycles. The summed E-state index contributed by atoms with van der Waals surface area (Å²) >= 11 is 0. The highest BCUT2D eigenvalue weighted by atomic mass is 16.2. The van der Waals surface area contributed by atoms with Gasteiger partial charge in [-0.1, -0.05) is 29.8 Å². The molecule has 0 aliphatic carbocycles. The molecular formula is C19H21N5O. The van der Waals surface area contributed by atoms with Crippen LogP contribution in [-0.4, -0.2) is 34.1 Å². The average molecular weight is 335 g/mol. The second-order valence-corrected chi connectivity index (χ2v) is 6.44. The number of likely N-dealkylation sites (tertiary alicyclic amines) is 1. The van der Waals surface area contributed by atoms with Gasteiger partial charge in [-0.3, -0.25) is 9.69 Å². The van der Waals surface area contributed by atoms with E-state index in [1.54, 1.807) is 12.1 Å². The lowest BCUT2D eigenvalue weighted by Crippen LogP contribution is -2.37. The number of nitrogens with zero attached hydrogens (tertiary/aromatic N) is 4. The molecule has 0 saturated carbocycles.